The van der Waals surface area contributed by atoms with Crippen molar-refractivity contribution in [2.75, 3.05) is 11.9 Å². The highest BCUT2D eigenvalue weighted by atomic mass is 35.5. The first-order valence-electron chi connectivity index (χ1n) is 6.78. The van der Waals surface area contributed by atoms with Crippen molar-refractivity contribution in [1.29, 1.82) is 0 Å². The molecule has 0 radical (unpaired) electrons. The zero-order valence-electron chi connectivity index (χ0n) is 11.8. The Bertz CT molecular complexity index is 812. The van der Waals surface area contributed by atoms with Gasteiger partial charge in [-0.15, -0.1) is 0 Å². The van der Waals surface area contributed by atoms with Gasteiger partial charge in [-0.25, -0.2) is 0 Å². The molecule has 23 heavy (non-hydrogen) atoms. The van der Waals surface area contributed by atoms with E-state index >= 15 is 0 Å². The Morgan fingerprint density at radius 1 is 1.22 bits per heavy atom. The van der Waals surface area contributed by atoms with Crippen molar-refractivity contribution in [1.82, 2.24) is 0 Å². The van der Waals surface area contributed by atoms with Crippen LogP contribution in [0.3, 0.4) is 0 Å². The number of anilines is 1. The van der Waals surface area contributed by atoms with Crippen LogP contribution in [0.1, 0.15) is 11.1 Å². The van der Waals surface area contributed by atoms with Gasteiger partial charge in [-0.05, 0) is 42.0 Å². The summed E-state index contributed by atoms with van der Waals surface area (Å²) in [7, 11) is 0. The van der Waals surface area contributed by atoms with E-state index in [0.717, 1.165) is 16.8 Å². The average molecular weight is 329 g/mol. The lowest BCUT2D eigenvalue weighted by molar-refractivity contribution is -0.307. The third-order valence-corrected chi connectivity index (χ3v) is 3.55. The van der Waals surface area contributed by atoms with Gasteiger partial charge >= 0.3 is 0 Å². The minimum absolute atomic E-state index is 0.195. The van der Waals surface area contributed by atoms with Crippen LogP contribution < -0.4 is 15.2 Å². The first-order chi connectivity index (χ1) is 11.0. The second kappa shape index (κ2) is 6.14. The number of aliphatic carboxylic acids is 1. The van der Waals surface area contributed by atoms with Gasteiger partial charge in [0.25, 0.3) is 5.91 Å². The maximum absolute atomic E-state index is 12.1. The monoisotopic (exact) mass is 328 g/mol. The summed E-state index contributed by atoms with van der Waals surface area (Å²) >= 11 is 5.98. The zero-order chi connectivity index (χ0) is 16.4. The predicted octanol–water partition coefficient (Wildman–Crippen LogP) is 1.96. The highest BCUT2D eigenvalue weighted by Crippen LogP contribution is 2.35. The smallest absolute Gasteiger partial charge is 0.256 e. The maximum atomic E-state index is 12.1. The van der Waals surface area contributed by atoms with E-state index in [-0.39, 0.29) is 5.91 Å². The summed E-state index contributed by atoms with van der Waals surface area (Å²) in [4.78, 5) is 22.4. The summed E-state index contributed by atoms with van der Waals surface area (Å²) in [5.41, 5.74) is 2.77. The number of benzene rings is 2. The number of carboxylic acids is 1. The number of amides is 1. The lowest BCUT2D eigenvalue weighted by atomic mass is 10.0. The predicted molar refractivity (Wildman–Crippen MR) is 84.9 cm³/mol. The molecule has 116 valence electrons. The second-order valence-electron chi connectivity index (χ2n) is 4.93. The lowest BCUT2D eigenvalue weighted by Gasteiger charge is -2.06. The highest BCUT2D eigenvalue weighted by molar-refractivity contribution is 6.36. The van der Waals surface area contributed by atoms with Crippen molar-refractivity contribution in [2.45, 2.75) is 0 Å². The molecule has 0 saturated heterocycles. The Balaban J connectivity index is 1.86. The Labute approximate surface area is 137 Å². The molecule has 0 aromatic heterocycles. The Kier molecular flexibility index (Phi) is 4.04. The topological polar surface area (TPSA) is 78.5 Å². The SMILES string of the molecule is O=C([O-])COc1ccc(/C=C2/C(=O)Nc3ccc(Cl)cc32)cc1. The molecule has 2 aromatic rings. The van der Waals surface area contributed by atoms with E-state index in [2.05, 4.69) is 5.32 Å². The summed E-state index contributed by atoms with van der Waals surface area (Å²) in [6.45, 7) is -0.505. The van der Waals surface area contributed by atoms with E-state index in [4.69, 9.17) is 16.3 Å². The molecule has 1 aliphatic rings. The molecular formula is C17H11ClNO4-. The fourth-order valence-electron chi connectivity index (χ4n) is 2.27. The van der Waals surface area contributed by atoms with Crippen molar-refractivity contribution >= 4 is 40.8 Å². The van der Waals surface area contributed by atoms with Crippen LogP contribution in [-0.2, 0) is 9.59 Å². The van der Waals surface area contributed by atoms with Gasteiger partial charge in [-0.2, -0.15) is 0 Å². The van der Waals surface area contributed by atoms with Crippen molar-refractivity contribution in [3.8, 4) is 5.75 Å². The van der Waals surface area contributed by atoms with Crippen molar-refractivity contribution < 1.29 is 19.4 Å². The molecule has 1 heterocycles. The number of nitrogens with one attached hydrogen (secondary N) is 1. The van der Waals surface area contributed by atoms with Gasteiger partial charge in [-0.1, -0.05) is 23.7 Å². The molecule has 6 heteroatoms. The third kappa shape index (κ3) is 3.35. The van der Waals surface area contributed by atoms with Gasteiger partial charge in [0, 0.05) is 21.8 Å². The minimum atomic E-state index is -1.28. The summed E-state index contributed by atoms with van der Waals surface area (Å²) < 4.78 is 5.01. The summed E-state index contributed by atoms with van der Waals surface area (Å²) in [5.74, 6) is -1.07. The van der Waals surface area contributed by atoms with E-state index in [0.29, 0.717) is 16.3 Å². The van der Waals surface area contributed by atoms with Gasteiger partial charge in [0.2, 0.25) is 0 Å². The van der Waals surface area contributed by atoms with E-state index < -0.39 is 12.6 Å². The third-order valence-electron chi connectivity index (χ3n) is 3.31. The van der Waals surface area contributed by atoms with E-state index in [1.807, 2.05) is 0 Å². The quantitative estimate of drug-likeness (QED) is 0.870. The number of rotatable bonds is 4. The van der Waals surface area contributed by atoms with Crippen molar-refractivity contribution in [3.63, 3.8) is 0 Å². The van der Waals surface area contributed by atoms with Crippen LogP contribution in [0, 0.1) is 0 Å². The summed E-state index contributed by atoms with van der Waals surface area (Å²) in [5, 5.41) is 13.7. The Hall–Kier alpha value is -2.79. The van der Waals surface area contributed by atoms with Gasteiger partial charge in [0.05, 0.1) is 5.97 Å². The second-order valence-corrected chi connectivity index (χ2v) is 5.37. The number of carboxylic acid groups (broad SMARTS) is 1. The number of carbonyl (C=O) groups is 2. The fraction of sp³-hybridized carbons (Fsp3) is 0.0588. The van der Waals surface area contributed by atoms with Crippen LogP contribution in [0.5, 0.6) is 5.75 Å². The zero-order valence-corrected chi connectivity index (χ0v) is 12.6. The number of hydrogen-bond acceptors (Lipinski definition) is 4. The van der Waals surface area contributed by atoms with Crippen LogP contribution in [-0.4, -0.2) is 18.5 Å². The Morgan fingerprint density at radius 3 is 2.65 bits per heavy atom. The molecule has 1 amide bonds. The van der Waals surface area contributed by atoms with Gasteiger partial charge < -0.3 is 20.0 Å². The van der Waals surface area contributed by atoms with Crippen molar-refractivity contribution in [3.05, 3.63) is 58.6 Å². The average Bonchev–Trinajstić information content (AvgIpc) is 2.82. The maximum Gasteiger partial charge on any atom is 0.256 e. The molecular weight excluding hydrogens is 318 g/mol. The van der Waals surface area contributed by atoms with Crippen LogP contribution in [0.15, 0.2) is 42.5 Å². The van der Waals surface area contributed by atoms with Gasteiger partial charge in [0.15, 0.2) is 0 Å². The minimum Gasteiger partial charge on any atom is -0.546 e. The lowest BCUT2D eigenvalue weighted by Crippen LogP contribution is -2.28. The van der Waals surface area contributed by atoms with E-state index in [1.54, 1.807) is 48.5 Å². The fourth-order valence-corrected chi connectivity index (χ4v) is 2.44. The molecule has 2 aromatic carbocycles. The molecule has 0 fully saturated rings. The molecule has 0 bridgehead atoms. The number of carbonyl (C=O) groups excluding carboxylic acids is 2. The molecule has 1 N–H and O–H groups in total. The molecule has 1 aliphatic heterocycles. The number of hydrogen-bond donors (Lipinski definition) is 1. The van der Waals surface area contributed by atoms with Crippen molar-refractivity contribution in [2.24, 2.45) is 0 Å². The largest absolute Gasteiger partial charge is 0.546 e. The van der Waals surface area contributed by atoms with E-state index in [9.17, 15) is 14.7 Å². The molecule has 0 atom stereocenters. The summed E-state index contributed by atoms with van der Waals surface area (Å²) in [6, 6.07) is 11.9. The van der Waals surface area contributed by atoms with E-state index in [1.165, 1.54) is 0 Å². The van der Waals surface area contributed by atoms with Gasteiger partial charge in [-0.3, -0.25) is 4.79 Å². The van der Waals surface area contributed by atoms with Crippen LogP contribution in [0.4, 0.5) is 5.69 Å². The first-order valence-corrected chi connectivity index (χ1v) is 7.16. The Morgan fingerprint density at radius 2 is 1.96 bits per heavy atom. The molecule has 3 rings (SSSR count). The highest BCUT2D eigenvalue weighted by Gasteiger charge is 2.24. The molecule has 0 unspecified atom stereocenters. The van der Waals surface area contributed by atoms with Gasteiger partial charge in [0.1, 0.15) is 12.4 Å². The number of ether oxygens (including phenoxy) is 1. The number of halogens is 1. The molecule has 0 saturated carbocycles. The standard InChI is InChI=1S/C17H12ClNO4/c18-11-3-6-15-13(8-11)14(17(22)19-15)7-10-1-4-12(5-2-10)23-9-16(20)21/h1-8H,9H2,(H,19,22)(H,20,21)/p-1/b14-7+. The molecule has 0 aliphatic carbocycles. The van der Waals surface area contributed by atoms with Crippen LogP contribution in [0.2, 0.25) is 5.02 Å². The molecule has 5 nitrogen and oxygen atoms in total. The first kappa shape index (κ1) is 15.1. The van der Waals surface area contributed by atoms with Crippen LogP contribution >= 0.6 is 11.6 Å². The van der Waals surface area contributed by atoms with Crippen LogP contribution in [0.25, 0.3) is 11.6 Å². The molecule has 0 spiro atoms. The normalized spacial score (nSPS) is 14.5. The summed E-state index contributed by atoms with van der Waals surface area (Å²) in [6.07, 6.45) is 1.74. The number of fused-ring (bicyclic) bond motifs is 1.